The SMILES string of the molecule is CC(C)NOCc1ccc(Cl)cc1. The minimum atomic E-state index is 0.340. The van der Waals surface area contributed by atoms with Crippen molar-refractivity contribution in [3.05, 3.63) is 34.9 Å². The van der Waals surface area contributed by atoms with Gasteiger partial charge in [-0.15, -0.1) is 0 Å². The first-order valence-electron chi connectivity index (χ1n) is 4.30. The molecule has 0 radical (unpaired) electrons. The van der Waals surface area contributed by atoms with Crippen LogP contribution in [0.2, 0.25) is 5.02 Å². The first-order valence-corrected chi connectivity index (χ1v) is 4.68. The van der Waals surface area contributed by atoms with Crippen molar-refractivity contribution in [2.24, 2.45) is 0 Å². The van der Waals surface area contributed by atoms with Crippen molar-refractivity contribution >= 4 is 11.6 Å². The Labute approximate surface area is 83.8 Å². The highest BCUT2D eigenvalue weighted by Crippen LogP contribution is 2.09. The molecule has 0 aliphatic rings. The van der Waals surface area contributed by atoms with Crippen molar-refractivity contribution in [3.63, 3.8) is 0 Å². The average molecular weight is 200 g/mol. The van der Waals surface area contributed by atoms with Gasteiger partial charge in [0.2, 0.25) is 0 Å². The number of hydrogen-bond acceptors (Lipinski definition) is 2. The molecule has 0 aliphatic heterocycles. The van der Waals surface area contributed by atoms with Crippen molar-refractivity contribution in [1.29, 1.82) is 0 Å². The predicted octanol–water partition coefficient (Wildman–Crippen LogP) is 2.77. The second kappa shape index (κ2) is 5.22. The Morgan fingerprint density at radius 2 is 1.92 bits per heavy atom. The summed E-state index contributed by atoms with van der Waals surface area (Å²) in [5.41, 5.74) is 3.98. The summed E-state index contributed by atoms with van der Waals surface area (Å²) in [6.07, 6.45) is 0. The maximum Gasteiger partial charge on any atom is 0.0933 e. The Morgan fingerprint density at radius 3 is 2.46 bits per heavy atom. The molecule has 0 aliphatic carbocycles. The number of benzene rings is 1. The van der Waals surface area contributed by atoms with E-state index in [4.69, 9.17) is 16.4 Å². The Hall–Kier alpha value is -0.570. The fourth-order valence-corrected chi connectivity index (χ4v) is 0.998. The molecule has 0 unspecified atom stereocenters. The van der Waals surface area contributed by atoms with Crippen molar-refractivity contribution < 1.29 is 4.84 Å². The van der Waals surface area contributed by atoms with Crippen LogP contribution in [-0.2, 0) is 11.4 Å². The van der Waals surface area contributed by atoms with Gasteiger partial charge in [-0.05, 0) is 31.5 Å². The molecule has 0 saturated carbocycles. The zero-order chi connectivity index (χ0) is 9.68. The molecule has 0 saturated heterocycles. The van der Waals surface area contributed by atoms with Crippen LogP contribution in [0.4, 0.5) is 0 Å². The summed E-state index contributed by atoms with van der Waals surface area (Å²) in [5, 5.41) is 0.751. The zero-order valence-electron chi connectivity index (χ0n) is 7.88. The van der Waals surface area contributed by atoms with Crippen molar-refractivity contribution in [3.8, 4) is 0 Å². The maximum atomic E-state index is 5.74. The molecule has 0 fully saturated rings. The molecule has 3 heteroatoms. The minimum Gasteiger partial charge on any atom is -0.297 e. The Balaban J connectivity index is 2.33. The lowest BCUT2D eigenvalue weighted by atomic mass is 10.2. The summed E-state index contributed by atoms with van der Waals surface area (Å²) in [7, 11) is 0. The highest BCUT2D eigenvalue weighted by Gasteiger charge is 1.94. The topological polar surface area (TPSA) is 21.3 Å². The summed E-state index contributed by atoms with van der Waals surface area (Å²) in [5.74, 6) is 0. The van der Waals surface area contributed by atoms with E-state index in [2.05, 4.69) is 5.48 Å². The molecule has 72 valence electrons. The Kier molecular flexibility index (Phi) is 4.22. The third-order valence-corrected chi connectivity index (χ3v) is 1.72. The van der Waals surface area contributed by atoms with E-state index in [1.165, 1.54) is 0 Å². The van der Waals surface area contributed by atoms with E-state index in [1.807, 2.05) is 38.1 Å². The molecular formula is C10H14ClNO. The molecular weight excluding hydrogens is 186 g/mol. The number of rotatable bonds is 4. The standard InChI is InChI=1S/C10H14ClNO/c1-8(2)12-13-7-9-3-5-10(11)6-4-9/h3-6,8,12H,7H2,1-2H3. The van der Waals surface area contributed by atoms with Crippen LogP contribution < -0.4 is 5.48 Å². The van der Waals surface area contributed by atoms with Crippen LogP contribution in [0.5, 0.6) is 0 Å². The summed E-state index contributed by atoms with van der Waals surface area (Å²) in [4.78, 5) is 5.23. The van der Waals surface area contributed by atoms with Crippen molar-refractivity contribution in [2.45, 2.75) is 26.5 Å². The summed E-state index contributed by atoms with van der Waals surface area (Å²) < 4.78 is 0. The summed E-state index contributed by atoms with van der Waals surface area (Å²) >= 11 is 5.74. The molecule has 0 spiro atoms. The number of hydrogen-bond donors (Lipinski definition) is 1. The highest BCUT2D eigenvalue weighted by atomic mass is 35.5. The monoisotopic (exact) mass is 199 g/mol. The lowest BCUT2D eigenvalue weighted by Crippen LogP contribution is -2.22. The minimum absolute atomic E-state index is 0.340. The molecule has 1 aromatic carbocycles. The van der Waals surface area contributed by atoms with E-state index in [-0.39, 0.29) is 0 Å². The van der Waals surface area contributed by atoms with Gasteiger partial charge in [0.05, 0.1) is 6.61 Å². The molecule has 0 bridgehead atoms. The second-order valence-electron chi connectivity index (χ2n) is 3.19. The van der Waals surface area contributed by atoms with Gasteiger partial charge in [-0.25, -0.2) is 0 Å². The van der Waals surface area contributed by atoms with Crippen LogP contribution in [0.25, 0.3) is 0 Å². The normalized spacial score (nSPS) is 10.8. The van der Waals surface area contributed by atoms with Gasteiger partial charge in [0.15, 0.2) is 0 Å². The lowest BCUT2D eigenvalue weighted by molar-refractivity contribution is 0.0114. The molecule has 0 amide bonds. The first kappa shape index (κ1) is 10.5. The fourth-order valence-electron chi connectivity index (χ4n) is 0.872. The smallest absolute Gasteiger partial charge is 0.0933 e. The fraction of sp³-hybridized carbons (Fsp3) is 0.400. The molecule has 2 nitrogen and oxygen atoms in total. The van der Waals surface area contributed by atoms with Crippen LogP contribution in [0, 0.1) is 0 Å². The van der Waals surface area contributed by atoms with E-state index < -0.39 is 0 Å². The van der Waals surface area contributed by atoms with Crippen LogP contribution in [0.15, 0.2) is 24.3 Å². The highest BCUT2D eigenvalue weighted by molar-refractivity contribution is 6.30. The third kappa shape index (κ3) is 4.27. The predicted molar refractivity (Wildman–Crippen MR) is 54.5 cm³/mol. The van der Waals surface area contributed by atoms with Crippen LogP contribution in [0.3, 0.4) is 0 Å². The zero-order valence-corrected chi connectivity index (χ0v) is 8.64. The average Bonchev–Trinajstić information content (AvgIpc) is 2.08. The number of halogens is 1. The molecule has 0 atom stereocenters. The molecule has 1 N–H and O–H groups in total. The van der Waals surface area contributed by atoms with Gasteiger partial charge >= 0.3 is 0 Å². The van der Waals surface area contributed by atoms with Gasteiger partial charge in [0.25, 0.3) is 0 Å². The van der Waals surface area contributed by atoms with Crippen LogP contribution >= 0.6 is 11.6 Å². The largest absolute Gasteiger partial charge is 0.297 e. The number of nitrogens with one attached hydrogen (secondary N) is 1. The van der Waals surface area contributed by atoms with Gasteiger partial charge in [0.1, 0.15) is 0 Å². The maximum absolute atomic E-state index is 5.74. The quantitative estimate of drug-likeness (QED) is 0.753. The second-order valence-corrected chi connectivity index (χ2v) is 3.62. The number of hydroxylamine groups is 1. The summed E-state index contributed by atoms with van der Waals surface area (Å²) in [6.45, 7) is 4.62. The van der Waals surface area contributed by atoms with Gasteiger partial charge < -0.3 is 0 Å². The van der Waals surface area contributed by atoms with Gasteiger partial charge in [-0.2, -0.15) is 5.48 Å². The lowest BCUT2D eigenvalue weighted by Gasteiger charge is -2.08. The van der Waals surface area contributed by atoms with Gasteiger partial charge in [0, 0.05) is 11.1 Å². The Morgan fingerprint density at radius 1 is 1.31 bits per heavy atom. The third-order valence-electron chi connectivity index (χ3n) is 1.47. The van der Waals surface area contributed by atoms with E-state index in [1.54, 1.807) is 0 Å². The van der Waals surface area contributed by atoms with Crippen LogP contribution in [-0.4, -0.2) is 6.04 Å². The van der Waals surface area contributed by atoms with Crippen molar-refractivity contribution in [1.82, 2.24) is 5.48 Å². The first-order chi connectivity index (χ1) is 6.18. The molecule has 13 heavy (non-hydrogen) atoms. The molecule has 0 heterocycles. The Bertz CT molecular complexity index is 246. The van der Waals surface area contributed by atoms with E-state index in [0.29, 0.717) is 12.6 Å². The molecule has 0 aromatic heterocycles. The van der Waals surface area contributed by atoms with Crippen molar-refractivity contribution in [2.75, 3.05) is 0 Å². The van der Waals surface area contributed by atoms with Crippen LogP contribution in [0.1, 0.15) is 19.4 Å². The molecule has 1 rings (SSSR count). The van der Waals surface area contributed by atoms with E-state index in [9.17, 15) is 0 Å². The van der Waals surface area contributed by atoms with Gasteiger partial charge in [-0.1, -0.05) is 23.7 Å². The van der Waals surface area contributed by atoms with E-state index in [0.717, 1.165) is 10.6 Å². The van der Waals surface area contributed by atoms with Gasteiger partial charge in [-0.3, -0.25) is 4.84 Å². The van der Waals surface area contributed by atoms with E-state index >= 15 is 0 Å². The molecule has 1 aromatic rings. The summed E-state index contributed by atoms with van der Waals surface area (Å²) in [6, 6.07) is 7.95.